The number of hydrogen-bond donors (Lipinski definition) is 1. The quantitative estimate of drug-likeness (QED) is 0.429. The molecule has 1 aliphatic carbocycles. The number of rotatable bonds is 6. The molecule has 6 rings (SSSR count). The number of halogens is 1. The van der Waals surface area contributed by atoms with Crippen molar-refractivity contribution in [1.82, 2.24) is 24.6 Å². The van der Waals surface area contributed by atoms with E-state index in [0.717, 1.165) is 11.1 Å². The molecule has 1 aromatic carbocycles. The molecule has 10 heteroatoms. The average Bonchev–Trinajstić information content (AvgIpc) is 3.36. The van der Waals surface area contributed by atoms with Crippen LogP contribution < -0.4 is 10.5 Å². The first kappa shape index (κ1) is 23.4. The molecular weight excluding hydrogens is 475 g/mol. The van der Waals surface area contributed by atoms with Gasteiger partial charge in [-0.2, -0.15) is 5.10 Å². The molecule has 1 amide bonds. The minimum Gasteiger partial charge on any atom is -0.474 e. The van der Waals surface area contributed by atoms with Crippen molar-refractivity contribution < 1.29 is 18.3 Å². The largest absolute Gasteiger partial charge is 0.474 e. The summed E-state index contributed by atoms with van der Waals surface area (Å²) in [6.07, 6.45) is 2.99. The van der Waals surface area contributed by atoms with E-state index in [4.69, 9.17) is 14.9 Å². The van der Waals surface area contributed by atoms with Crippen molar-refractivity contribution in [3.05, 3.63) is 72.0 Å². The number of oxazole rings is 1. The van der Waals surface area contributed by atoms with Gasteiger partial charge in [0, 0.05) is 55.2 Å². The maximum absolute atomic E-state index is 13.4. The highest BCUT2D eigenvalue weighted by molar-refractivity contribution is 5.93. The Bertz CT molecular complexity index is 1450. The Morgan fingerprint density at radius 1 is 1.14 bits per heavy atom. The molecule has 3 aromatic heterocycles. The summed E-state index contributed by atoms with van der Waals surface area (Å²) < 4.78 is 26.6. The molecule has 2 fully saturated rings. The Hall–Kier alpha value is -4.05. The van der Waals surface area contributed by atoms with E-state index in [1.165, 1.54) is 18.4 Å². The van der Waals surface area contributed by atoms with Gasteiger partial charge in [0.25, 0.3) is 5.91 Å². The molecule has 190 valence electrons. The normalized spacial score (nSPS) is 20.7. The molecular formula is C27H27FN6O3. The third-order valence-corrected chi connectivity index (χ3v) is 7.10. The lowest BCUT2D eigenvalue weighted by Crippen LogP contribution is -2.34. The van der Waals surface area contributed by atoms with Gasteiger partial charge in [0.2, 0.25) is 11.8 Å². The third kappa shape index (κ3) is 4.37. The highest BCUT2D eigenvalue weighted by Gasteiger charge is 2.59. The molecule has 0 spiro atoms. The van der Waals surface area contributed by atoms with Crippen molar-refractivity contribution >= 4 is 5.91 Å². The van der Waals surface area contributed by atoms with Crippen LogP contribution in [-0.4, -0.2) is 49.7 Å². The highest BCUT2D eigenvalue weighted by atomic mass is 19.1. The Morgan fingerprint density at radius 3 is 2.51 bits per heavy atom. The van der Waals surface area contributed by atoms with E-state index in [0.29, 0.717) is 41.9 Å². The molecule has 1 unspecified atom stereocenters. The molecule has 0 radical (unpaired) electrons. The van der Waals surface area contributed by atoms with Gasteiger partial charge in [0.1, 0.15) is 29.6 Å². The zero-order valence-electron chi connectivity index (χ0n) is 20.8. The number of nitrogens with zero attached hydrogens (tertiary/aromatic N) is 5. The number of likely N-dealkylation sites (tertiary alicyclic amines) is 1. The van der Waals surface area contributed by atoms with Gasteiger partial charge >= 0.3 is 0 Å². The lowest BCUT2D eigenvalue weighted by molar-refractivity contribution is 0.0740. The fraction of sp³-hybridized carbons (Fsp3) is 0.333. The predicted octanol–water partition coefficient (Wildman–Crippen LogP) is 3.62. The van der Waals surface area contributed by atoms with Gasteiger partial charge in [-0.05, 0) is 49.7 Å². The van der Waals surface area contributed by atoms with Gasteiger partial charge in [0.05, 0.1) is 11.9 Å². The summed E-state index contributed by atoms with van der Waals surface area (Å²) in [6.45, 7) is 5.03. The third-order valence-electron chi connectivity index (χ3n) is 7.10. The van der Waals surface area contributed by atoms with Crippen molar-refractivity contribution in [2.45, 2.75) is 25.5 Å². The summed E-state index contributed by atoms with van der Waals surface area (Å²) in [4.78, 5) is 23.8. The first-order valence-electron chi connectivity index (χ1n) is 12.1. The van der Waals surface area contributed by atoms with Gasteiger partial charge in [-0.15, -0.1) is 0 Å². The van der Waals surface area contributed by atoms with Crippen LogP contribution in [0.5, 0.6) is 5.88 Å². The number of ether oxygens (including phenoxy) is 1. The van der Waals surface area contributed by atoms with Crippen LogP contribution in [0.25, 0.3) is 22.8 Å². The minimum absolute atomic E-state index is 0.0248. The van der Waals surface area contributed by atoms with E-state index >= 15 is 0 Å². The Balaban J connectivity index is 1.16. The molecule has 1 aliphatic heterocycles. The van der Waals surface area contributed by atoms with Crippen molar-refractivity contribution in [3.8, 4) is 28.7 Å². The summed E-state index contributed by atoms with van der Waals surface area (Å²) in [5.41, 5.74) is 9.11. The number of carbonyl (C=O) groups is 1. The Labute approximate surface area is 213 Å². The van der Waals surface area contributed by atoms with Crippen LogP contribution in [-0.2, 0) is 12.6 Å². The standard InChI is InChI=1S/C27H27FN6O3/c1-27(2,29)16-10-20(15-4-6-17(28)7-5-15)31-23(11-16)37-24-18-13-34(14-19(18)24)26(35)22-12-21(32-33(22)3)25-30-8-9-36-25/h4-12,18-19,24H,13-14,29H2,1-3H3/t18-,19+,24?. The van der Waals surface area contributed by atoms with E-state index < -0.39 is 5.54 Å². The Morgan fingerprint density at radius 2 is 1.86 bits per heavy atom. The summed E-state index contributed by atoms with van der Waals surface area (Å²) in [5, 5.41) is 4.36. The second-order valence-electron chi connectivity index (χ2n) is 10.3. The first-order chi connectivity index (χ1) is 17.7. The van der Waals surface area contributed by atoms with E-state index in [2.05, 4.69) is 15.1 Å². The topological polar surface area (TPSA) is 112 Å². The second kappa shape index (κ2) is 8.52. The van der Waals surface area contributed by atoms with E-state index in [1.54, 1.807) is 36.1 Å². The zero-order valence-corrected chi connectivity index (χ0v) is 20.8. The van der Waals surface area contributed by atoms with Crippen LogP contribution in [0.15, 0.2) is 59.3 Å². The predicted molar refractivity (Wildman–Crippen MR) is 133 cm³/mol. The summed E-state index contributed by atoms with van der Waals surface area (Å²) >= 11 is 0. The molecule has 4 aromatic rings. The summed E-state index contributed by atoms with van der Waals surface area (Å²) in [7, 11) is 1.73. The fourth-order valence-electron chi connectivity index (χ4n) is 4.94. The van der Waals surface area contributed by atoms with Crippen molar-refractivity contribution in [2.75, 3.05) is 13.1 Å². The average molecular weight is 503 g/mol. The summed E-state index contributed by atoms with van der Waals surface area (Å²) in [5.74, 6) is 0.934. The molecule has 2 N–H and O–H groups in total. The monoisotopic (exact) mass is 502 g/mol. The lowest BCUT2D eigenvalue weighted by atomic mass is 9.95. The number of aryl methyl sites for hydroxylation is 1. The maximum Gasteiger partial charge on any atom is 0.272 e. The maximum atomic E-state index is 13.4. The minimum atomic E-state index is -0.606. The van der Waals surface area contributed by atoms with Crippen LogP contribution >= 0.6 is 0 Å². The number of fused-ring (bicyclic) bond motifs is 1. The number of pyridine rings is 1. The molecule has 1 saturated carbocycles. The SMILES string of the molecule is Cn1nc(-c2ncco2)cc1C(=O)N1C[C@@H]2C(Oc3cc(C(C)(C)N)cc(-c4ccc(F)cc4)n3)[C@@H]2C1. The van der Waals surface area contributed by atoms with Crippen LogP contribution in [0.2, 0.25) is 0 Å². The van der Waals surface area contributed by atoms with Crippen LogP contribution in [0.4, 0.5) is 4.39 Å². The molecule has 4 heterocycles. The summed E-state index contributed by atoms with van der Waals surface area (Å²) in [6, 6.07) is 11.7. The van der Waals surface area contributed by atoms with E-state index in [9.17, 15) is 9.18 Å². The number of aromatic nitrogens is 4. The second-order valence-corrected chi connectivity index (χ2v) is 10.3. The molecule has 0 bridgehead atoms. The van der Waals surface area contributed by atoms with E-state index in [-0.39, 0.29) is 29.7 Å². The van der Waals surface area contributed by atoms with Gasteiger partial charge in [-0.25, -0.2) is 14.4 Å². The number of piperidine rings is 1. The smallest absolute Gasteiger partial charge is 0.272 e. The Kier molecular flexibility index (Phi) is 5.38. The van der Waals surface area contributed by atoms with Crippen LogP contribution in [0, 0.1) is 17.7 Å². The molecule has 37 heavy (non-hydrogen) atoms. The van der Waals surface area contributed by atoms with E-state index in [1.807, 2.05) is 30.9 Å². The molecule has 3 atom stereocenters. The number of carbonyl (C=O) groups excluding carboxylic acids is 1. The van der Waals surface area contributed by atoms with Gasteiger partial charge in [-0.1, -0.05) is 0 Å². The molecule has 9 nitrogen and oxygen atoms in total. The highest BCUT2D eigenvalue weighted by Crippen LogP contribution is 2.48. The number of hydrogen-bond acceptors (Lipinski definition) is 7. The van der Waals surface area contributed by atoms with Gasteiger partial charge in [-0.3, -0.25) is 9.48 Å². The van der Waals surface area contributed by atoms with Gasteiger partial charge < -0.3 is 19.8 Å². The van der Waals surface area contributed by atoms with Crippen LogP contribution in [0.3, 0.4) is 0 Å². The lowest BCUT2D eigenvalue weighted by Gasteiger charge is -2.22. The number of benzene rings is 1. The van der Waals surface area contributed by atoms with Crippen LogP contribution in [0.1, 0.15) is 29.9 Å². The fourth-order valence-corrected chi connectivity index (χ4v) is 4.94. The number of amides is 1. The van der Waals surface area contributed by atoms with Gasteiger partial charge in [0.15, 0.2) is 0 Å². The van der Waals surface area contributed by atoms with Crippen molar-refractivity contribution in [2.24, 2.45) is 24.6 Å². The van der Waals surface area contributed by atoms with Crippen molar-refractivity contribution in [3.63, 3.8) is 0 Å². The molecule has 2 aliphatic rings. The zero-order chi connectivity index (χ0) is 25.9. The van der Waals surface area contributed by atoms with Crippen molar-refractivity contribution in [1.29, 1.82) is 0 Å². The first-order valence-corrected chi connectivity index (χ1v) is 12.1. The number of nitrogens with two attached hydrogens (primary N) is 1. The molecule has 1 saturated heterocycles.